The van der Waals surface area contributed by atoms with Crippen molar-refractivity contribution in [3.8, 4) is 22.9 Å². The summed E-state index contributed by atoms with van der Waals surface area (Å²) in [6.07, 6.45) is 2.12. The number of ether oxygens (including phenoxy) is 1. The number of phenolic OH excluding ortho intramolecular Hbond substituents is 1. The number of alkyl halides is 1. The Balaban J connectivity index is 1.50. The topological polar surface area (TPSA) is 82.0 Å². The lowest BCUT2D eigenvalue weighted by Crippen LogP contribution is -2.48. The van der Waals surface area contributed by atoms with Crippen LogP contribution < -0.4 is 9.64 Å². The Labute approximate surface area is 241 Å². The van der Waals surface area contributed by atoms with Crippen LogP contribution in [0.15, 0.2) is 36.9 Å². The number of hydrogen-bond donors (Lipinski definition) is 1. The van der Waals surface area contributed by atoms with E-state index < -0.39 is 23.1 Å². The van der Waals surface area contributed by atoms with Crippen LogP contribution in [-0.2, 0) is 4.79 Å². The number of rotatable bonds is 7. The highest BCUT2D eigenvalue weighted by Gasteiger charge is 2.30. The summed E-state index contributed by atoms with van der Waals surface area (Å²) in [7, 11) is 0. The molecule has 2 saturated heterocycles. The van der Waals surface area contributed by atoms with Gasteiger partial charge in [-0.15, -0.1) is 0 Å². The Bertz CT molecular complexity index is 1450. The van der Waals surface area contributed by atoms with Gasteiger partial charge in [-0.3, -0.25) is 9.69 Å². The number of carbonyl (C=O) groups is 1. The van der Waals surface area contributed by atoms with Gasteiger partial charge in [0.05, 0.1) is 10.6 Å². The van der Waals surface area contributed by atoms with Crippen molar-refractivity contribution in [1.29, 1.82) is 0 Å². The molecule has 1 amide bonds. The predicted molar refractivity (Wildman–Crippen MR) is 151 cm³/mol. The molecule has 3 aromatic rings. The molecule has 3 heterocycles. The maximum Gasteiger partial charge on any atom is 0.319 e. The maximum absolute atomic E-state index is 16.2. The average Bonchev–Trinajstić information content (AvgIpc) is 2.95. The minimum Gasteiger partial charge on any atom is -0.507 e. The van der Waals surface area contributed by atoms with Gasteiger partial charge in [0.2, 0.25) is 5.91 Å². The number of benzene rings is 2. The first kappa shape index (κ1) is 28.9. The number of piperazine rings is 1. The number of hydrogen-bond acceptors (Lipinski definition) is 7. The van der Waals surface area contributed by atoms with Crippen molar-refractivity contribution < 1.29 is 27.8 Å². The van der Waals surface area contributed by atoms with Gasteiger partial charge >= 0.3 is 6.01 Å². The molecule has 2 aromatic carbocycles. The van der Waals surface area contributed by atoms with Crippen LogP contribution in [0.2, 0.25) is 5.02 Å². The van der Waals surface area contributed by atoms with Crippen molar-refractivity contribution in [2.75, 3.05) is 57.3 Å². The van der Waals surface area contributed by atoms with E-state index >= 15 is 4.39 Å². The fraction of sp³-hybridized carbons (Fsp3) is 0.414. The minimum absolute atomic E-state index is 0.0886. The number of fused-ring (bicyclic) bond motifs is 1. The smallest absolute Gasteiger partial charge is 0.319 e. The summed E-state index contributed by atoms with van der Waals surface area (Å²) in [5.41, 5.74) is -2.02. The van der Waals surface area contributed by atoms with Crippen LogP contribution in [0.25, 0.3) is 22.0 Å². The first-order valence-corrected chi connectivity index (χ1v) is 13.8. The van der Waals surface area contributed by atoms with Gasteiger partial charge in [-0.1, -0.05) is 24.2 Å². The van der Waals surface area contributed by atoms with Crippen LogP contribution in [-0.4, -0.2) is 88.9 Å². The molecule has 0 spiro atoms. The Morgan fingerprint density at radius 1 is 1.15 bits per heavy atom. The van der Waals surface area contributed by atoms with Gasteiger partial charge in [-0.2, -0.15) is 9.97 Å². The van der Waals surface area contributed by atoms with Crippen LogP contribution >= 0.6 is 11.6 Å². The van der Waals surface area contributed by atoms with Gasteiger partial charge in [0, 0.05) is 56.8 Å². The molecule has 0 unspecified atom stereocenters. The van der Waals surface area contributed by atoms with E-state index in [1.165, 1.54) is 24.3 Å². The average molecular weight is 590 g/mol. The number of anilines is 1. The summed E-state index contributed by atoms with van der Waals surface area (Å²) in [5.74, 6) is -2.07. The maximum atomic E-state index is 16.2. The van der Waals surface area contributed by atoms with E-state index in [9.17, 15) is 18.7 Å². The fourth-order valence-electron chi connectivity index (χ4n) is 5.23. The molecule has 1 N–H and O–H groups in total. The van der Waals surface area contributed by atoms with E-state index in [2.05, 4.69) is 21.4 Å². The summed E-state index contributed by atoms with van der Waals surface area (Å²) < 4.78 is 51.0. The van der Waals surface area contributed by atoms with E-state index in [-0.39, 0.29) is 45.6 Å². The number of nitrogens with zero attached hydrogens (tertiary/aromatic N) is 5. The number of halogens is 4. The lowest BCUT2D eigenvalue weighted by Gasteiger charge is -2.35. The van der Waals surface area contributed by atoms with Crippen molar-refractivity contribution in [3.05, 3.63) is 53.6 Å². The van der Waals surface area contributed by atoms with Gasteiger partial charge in [-0.25, -0.2) is 13.2 Å². The van der Waals surface area contributed by atoms with Crippen LogP contribution in [0.5, 0.6) is 11.8 Å². The Kier molecular flexibility index (Phi) is 8.28. The Morgan fingerprint density at radius 2 is 1.85 bits per heavy atom. The first-order valence-electron chi connectivity index (χ1n) is 13.5. The number of phenols is 1. The van der Waals surface area contributed by atoms with E-state index in [1.807, 2.05) is 4.90 Å². The molecule has 1 aromatic heterocycles. The molecule has 2 aliphatic rings. The normalized spacial score (nSPS) is 17.6. The van der Waals surface area contributed by atoms with Crippen molar-refractivity contribution >= 4 is 34.2 Å². The van der Waals surface area contributed by atoms with E-state index in [0.717, 1.165) is 6.07 Å². The molecule has 5 rings (SSSR count). The molecular formula is C29H31ClF3N5O3. The lowest BCUT2D eigenvalue weighted by molar-refractivity contribution is -0.126. The number of aromatic hydroxyl groups is 1. The van der Waals surface area contributed by atoms with E-state index in [4.69, 9.17) is 16.3 Å². The van der Waals surface area contributed by atoms with Gasteiger partial charge in [-0.05, 0) is 44.0 Å². The molecule has 0 atom stereocenters. The van der Waals surface area contributed by atoms with Crippen molar-refractivity contribution in [2.24, 2.45) is 0 Å². The molecule has 2 aliphatic heterocycles. The van der Waals surface area contributed by atoms with Crippen LogP contribution in [0, 0.1) is 11.6 Å². The van der Waals surface area contributed by atoms with Crippen molar-refractivity contribution in [1.82, 2.24) is 19.8 Å². The number of piperidine rings is 1. The van der Waals surface area contributed by atoms with Crippen molar-refractivity contribution in [3.63, 3.8) is 0 Å². The summed E-state index contributed by atoms with van der Waals surface area (Å²) in [6.45, 7) is 8.61. The second-order valence-corrected chi connectivity index (χ2v) is 10.9. The zero-order valence-corrected chi connectivity index (χ0v) is 23.4. The minimum atomic E-state index is -1.17. The highest BCUT2D eigenvalue weighted by Crippen LogP contribution is 2.42. The third kappa shape index (κ3) is 6.06. The van der Waals surface area contributed by atoms with E-state index in [0.29, 0.717) is 64.5 Å². The third-order valence-electron chi connectivity index (χ3n) is 7.69. The molecule has 0 radical (unpaired) electrons. The summed E-state index contributed by atoms with van der Waals surface area (Å²) >= 11 is 6.49. The first-order chi connectivity index (χ1) is 19.6. The number of aromatic nitrogens is 2. The number of amides is 1. The Morgan fingerprint density at radius 3 is 2.51 bits per heavy atom. The summed E-state index contributed by atoms with van der Waals surface area (Å²) in [5, 5.41) is 10.5. The molecular weight excluding hydrogens is 559 g/mol. The quantitative estimate of drug-likeness (QED) is 0.390. The molecule has 0 bridgehead atoms. The fourth-order valence-corrected chi connectivity index (χ4v) is 5.52. The van der Waals surface area contributed by atoms with Gasteiger partial charge in [0.15, 0.2) is 5.82 Å². The number of carbonyl (C=O) groups excluding carboxylic acids is 1. The monoisotopic (exact) mass is 589 g/mol. The summed E-state index contributed by atoms with van der Waals surface area (Å²) in [6, 6.07) is 5.01. The zero-order chi connectivity index (χ0) is 29.3. The van der Waals surface area contributed by atoms with Crippen LogP contribution in [0.3, 0.4) is 0 Å². The molecule has 218 valence electrons. The largest absolute Gasteiger partial charge is 0.507 e. The highest BCUT2D eigenvalue weighted by atomic mass is 35.5. The van der Waals surface area contributed by atoms with Gasteiger partial charge in [0.25, 0.3) is 0 Å². The second-order valence-electron chi connectivity index (χ2n) is 10.5. The molecule has 41 heavy (non-hydrogen) atoms. The van der Waals surface area contributed by atoms with Gasteiger partial charge < -0.3 is 19.6 Å². The van der Waals surface area contributed by atoms with Gasteiger partial charge in [0.1, 0.15) is 35.2 Å². The molecule has 0 aliphatic carbocycles. The van der Waals surface area contributed by atoms with Crippen LogP contribution in [0.4, 0.5) is 19.0 Å². The van der Waals surface area contributed by atoms with Crippen LogP contribution in [0.1, 0.15) is 19.8 Å². The Hall–Kier alpha value is -3.57. The standard InChI is InChI=1S/C29H31ClF3N5O3/c1-3-22(40)37-11-13-38(14-12-37)27-18-17-19(30)23(24-20(31)5-4-6-21(24)39)25(32)26(18)34-28(35-27)41-16-15-36-9-7-29(2,33)8-10-36/h3-6,17,39H,1,7-16H2,2H3. The molecule has 12 heteroatoms. The SMILES string of the molecule is C=CC(=O)N1CCN(c2nc(OCCN3CCC(C)(F)CC3)nc3c(F)c(-c4c(O)cccc4F)c(Cl)cc23)CC1. The molecule has 8 nitrogen and oxygen atoms in total. The predicted octanol–water partition coefficient (Wildman–Crippen LogP) is 4.97. The number of likely N-dealkylation sites (tertiary alicyclic amines) is 1. The third-order valence-corrected chi connectivity index (χ3v) is 7.98. The molecule has 0 saturated carbocycles. The van der Waals surface area contributed by atoms with Crippen molar-refractivity contribution in [2.45, 2.75) is 25.4 Å². The highest BCUT2D eigenvalue weighted by molar-refractivity contribution is 6.34. The molecule has 2 fully saturated rings. The summed E-state index contributed by atoms with van der Waals surface area (Å²) in [4.78, 5) is 26.6. The zero-order valence-electron chi connectivity index (χ0n) is 22.7. The van der Waals surface area contributed by atoms with E-state index in [1.54, 1.807) is 11.8 Å². The second kappa shape index (κ2) is 11.7. The lowest BCUT2D eigenvalue weighted by atomic mass is 9.96.